The van der Waals surface area contributed by atoms with Gasteiger partial charge in [-0.15, -0.1) is 22.7 Å². The number of anilines is 2. The van der Waals surface area contributed by atoms with Crippen LogP contribution in [-0.2, 0) is 16.2 Å². The number of thiophene rings is 2. The Hall–Kier alpha value is -6.34. The fraction of sp³-hybridized carbons (Fsp3) is 0.200. The Morgan fingerprint density at radius 2 is 1.24 bits per heavy atom. The van der Waals surface area contributed by atoms with Crippen molar-refractivity contribution in [2.45, 2.75) is 77.6 Å². The fourth-order valence-electron chi connectivity index (χ4n) is 11.6. The quantitative estimate of drug-likeness (QED) is 0.179. The second-order valence-corrected chi connectivity index (χ2v) is 23.6. The largest absolute Gasteiger partial charge is 0.456 e. The van der Waals surface area contributed by atoms with E-state index in [1.807, 2.05) is 22.7 Å². The summed E-state index contributed by atoms with van der Waals surface area (Å²) in [7, 11) is 2.46. The maximum atomic E-state index is 6.59. The van der Waals surface area contributed by atoms with Gasteiger partial charge in [0.15, 0.2) is 7.28 Å². The molecule has 0 saturated heterocycles. The second-order valence-electron chi connectivity index (χ2n) is 21.5. The van der Waals surface area contributed by atoms with Gasteiger partial charge in [0.25, 0.3) is 0 Å². The summed E-state index contributed by atoms with van der Waals surface area (Å²) in [4.78, 5) is 0. The molecule has 0 spiro atoms. The van der Waals surface area contributed by atoms with Crippen LogP contribution in [0.3, 0.4) is 0 Å². The Morgan fingerprint density at radius 3 is 2.05 bits per heavy atom. The van der Waals surface area contributed by atoms with Crippen LogP contribution in [0.1, 0.15) is 78.0 Å². The van der Waals surface area contributed by atoms with Crippen LogP contribution < -0.4 is 16.2 Å². The van der Waals surface area contributed by atoms with Gasteiger partial charge < -0.3 is 14.3 Å². The summed E-state index contributed by atoms with van der Waals surface area (Å²) in [6, 6.07) is 50.7. The van der Waals surface area contributed by atoms with E-state index < -0.39 is 0 Å². The summed E-state index contributed by atoms with van der Waals surface area (Å²) in [6.45, 7) is 16.6. The van der Waals surface area contributed by atoms with Gasteiger partial charge in [-0.1, -0.05) is 121 Å². The first-order valence-electron chi connectivity index (χ1n) is 23.4. The van der Waals surface area contributed by atoms with Gasteiger partial charge in [-0.2, -0.15) is 0 Å². The smallest absolute Gasteiger partial charge is 0.197 e. The van der Waals surface area contributed by atoms with E-state index in [2.05, 4.69) is 199 Å². The molecule has 319 valence electrons. The van der Waals surface area contributed by atoms with Gasteiger partial charge in [-0.25, -0.2) is 0 Å². The average molecular weight is 888 g/mol. The molecule has 1 N–H and O–H groups in total. The zero-order valence-electron chi connectivity index (χ0n) is 38.4. The maximum absolute atomic E-state index is 6.59. The number of furan rings is 1. The molecule has 8 aromatic carbocycles. The molecule has 3 nitrogen and oxygen atoms in total. The minimum absolute atomic E-state index is 0.0706. The van der Waals surface area contributed by atoms with Crippen LogP contribution in [0.25, 0.3) is 101 Å². The van der Waals surface area contributed by atoms with Crippen molar-refractivity contribution in [3.8, 4) is 16.8 Å². The summed E-state index contributed by atoms with van der Waals surface area (Å²) in [5, 5.41) is 14.1. The number of benzene rings is 8. The van der Waals surface area contributed by atoms with Gasteiger partial charge in [0.2, 0.25) is 0 Å². The first-order chi connectivity index (χ1) is 31.8. The molecule has 1 aliphatic carbocycles. The molecule has 2 aliphatic rings. The third kappa shape index (κ3) is 5.49. The molecule has 0 atom stereocenters. The molecule has 4 aromatic heterocycles. The van der Waals surface area contributed by atoms with Crippen molar-refractivity contribution >= 4 is 136 Å². The lowest BCUT2D eigenvalue weighted by Gasteiger charge is -2.41. The van der Waals surface area contributed by atoms with E-state index >= 15 is 0 Å². The number of fused-ring (bicyclic) bond motifs is 15. The van der Waals surface area contributed by atoms with Crippen LogP contribution >= 0.6 is 22.7 Å². The van der Waals surface area contributed by atoms with E-state index in [-0.39, 0.29) is 16.2 Å². The normalized spacial score (nSPS) is 15.4. The van der Waals surface area contributed by atoms with Crippen LogP contribution in [-0.4, -0.2) is 11.8 Å². The maximum Gasteiger partial charge on any atom is 0.197 e. The molecular formula is C60H48BN2OS2. The molecule has 1 radical (unpaired) electrons. The molecule has 12 aromatic rings. The SMILES string of the molecule is CC(C)(C)c1ccc(Nc2cc3sc4cc5c(cc4c3cc2-c2ccc3c4cc6sc7ccccc7c6cc4n4c3c2[B]c2cc3c(cc2-4)oc2ccccc23)C(C)(C)CCC5(C)C)cc1. The summed E-state index contributed by atoms with van der Waals surface area (Å²) >= 11 is 3.82. The van der Waals surface area contributed by atoms with E-state index in [1.165, 1.54) is 114 Å². The Kier molecular flexibility index (Phi) is 7.77. The summed E-state index contributed by atoms with van der Waals surface area (Å²) in [5.74, 6) is 0. The van der Waals surface area contributed by atoms with Crippen LogP contribution in [0, 0.1) is 0 Å². The van der Waals surface area contributed by atoms with Gasteiger partial charge in [-0.05, 0) is 117 Å². The molecule has 0 unspecified atom stereocenters. The van der Waals surface area contributed by atoms with E-state index in [0.29, 0.717) is 0 Å². The third-order valence-electron chi connectivity index (χ3n) is 15.4. The minimum atomic E-state index is 0.0706. The Balaban J connectivity index is 1.07. The third-order valence-corrected chi connectivity index (χ3v) is 17.7. The second kappa shape index (κ2) is 13.2. The van der Waals surface area contributed by atoms with Gasteiger partial charge in [0, 0.05) is 96.1 Å². The highest BCUT2D eigenvalue weighted by molar-refractivity contribution is 7.26. The molecule has 0 fully saturated rings. The highest BCUT2D eigenvalue weighted by Gasteiger charge is 2.38. The van der Waals surface area contributed by atoms with Gasteiger partial charge in [-0.3, -0.25) is 0 Å². The molecule has 66 heavy (non-hydrogen) atoms. The standard InChI is InChI=1S/C60H48BN2OS2/c1-58(2,3)32-16-18-33(19-17-32)62-47-30-55-41(42-25-44-45(29-54(42)66-55)60(6,7)23-22-59(44,4)5)24-38(47)36-20-21-37-39-28-53-43(35-13-9-11-15-52(35)65-53)27-48(39)63-49-31-51-40(26-46(49)61-56(36)57(37)63)34-12-8-10-14-50(34)64-51/h8-21,24-31,62H,22-23H2,1-7H3. The predicted molar refractivity (Wildman–Crippen MR) is 288 cm³/mol. The summed E-state index contributed by atoms with van der Waals surface area (Å²) < 4.78 is 14.4. The number of hydrogen-bond donors (Lipinski definition) is 1. The summed E-state index contributed by atoms with van der Waals surface area (Å²) in [5.41, 5.74) is 17.2. The van der Waals surface area contributed by atoms with Crippen molar-refractivity contribution in [1.82, 2.24) is 4.57 Å². The van der Waals surface area contributed by atoms with Crippen molar-refractivity contribution in [3.63, 3.8) is 0 Å². The van der Waals surface area contributed by atoms with E-state index in [9.17, 15) is 0 Å². The van der Waals surface area contributed by atoms with Crippen LogP contribution in [0.4, 0.5) is 11.4 Å². The van der Waals surface area contributed by atoms with Crippen LogP contribution in [0.5, 0.6) is 0 Å². The van der Waals surface area contributed by atoms with Crippen molar-refractivity contribution in [2.75, 3.05) is 5.32 Å². The number of nitrogens with zero attached hydrogens (tertiary/aromatic N) is 1. The van der Waals surface area contributed by atoms with Crippen LogP contribution in [0.2, 0.25) is 0 Å². The van der Waals surface area contributed by atoms with Crippen molar-refractivity contribution in [3.05, 3.63) is 150 Å². The zero-order valence-corrected chi connectivity index (χ0v) is 40.0. The van der Waals surface area contributed by atoms with E-state index in [4.69, 9.17) is 4.42 Å². The highest BCUT2D eigenvalue weighted by Crippen LogP contribution is 2.51. The first kappa shape index (κ1) is 38.9. The highest BCUT2D eigenvalue weighted by atomic mass is 32.1. The van der Waals surface area contributed by atoms with Crippen molar-refractivity contribution < 1.29 is 4.42 Å². The number of rotatable bonds is 3. The topological polar surface area (TPSA) is 30.1 Å². The lowest BCUT2D eigenvalue weighted by Crippen LogP contribution is -2.37. The van der Waals surface area contributed by atoms with E-state index in [1.54, 1.807) is 0 Å². The zero-order chi connectivity index (χ0) is 44.6. The lowest BCUT2D eigenvalue weighted by atomic mass is 9.59. The number of aromatic nitrogens is 1. The summed E-state index contributed by atoms with van der Waals surface area (Å²) in [6.07, 6.45) is 2.39. The average Bonchev–Trinajstić information content (AvgIpc) is 4.05. The molecule has 14 rings (SSSR count). The van der Waals surface area contributed by atoms with Crippen molar-refractivity contribution in [2.24, 2.45) is 0 Å². The van der Waals surface area contributed by atoms with E-state index in [0.717, 1.165) is 39.0 Å². The number of hydrogen-bond acceptors (Lipinski definition) is 4. The molecule has 1 aliphatic heterocycles. The molecular weight excluding hydrogens is 840 g/mol. The van der Waals surface area contributed by atoms with Crippen LogP contribution in [0.15, 0.2) is 138 Å². The number of para-hydroxylation sites is 1. The fourth-order valence-corrected chi connectivity index (χ4v) is 13.9. The Morgan fingerprint density at radius 1 is 0.561 bits per heavy atom. The van der Waals surface area contributed by atoms with Gasteiger partial charge >= 0.3 is 0 Å². The number of nitrogens with one attached hydrogen (secondary N) is 1. The lowest BCUT2D eigenvalue weighted by molar-refractivity contribution is 0.332. The predicted octanol–water partition coefficient (Wildman–Crippen LogP) is 16.4. The minimum Gasteiger partial charge on any atom is -0.456 e. The molecule has 0 bridgehead atoms. The molecule has 0 amide bonds. The first-order valence-corrected chi connectivity index (χ1v) is 25.1. The van der Waals surface area contributed by atoms with Gasteiger partial charge in [0.05, 0.1) is 5.52 Å². The Labute approximate surface area is 392 Å². The monoisotopic (exact) mass is 887 g/mol. The van der Waals surface area contributed by atoms with Gasteiger partial charge in [0.1, 0.15) is 11.2 Å². The molecule has 5 heterocycles. The Bertz CT molecular complexity index is 4090. The van der Waals surface area contributed by atoms with Crippen molar-refractivity contribution in [1.29, 1.82) is 0 Å². The molecule has 6 heteroatoms. The molecule has 0 saturated carbocycles.